The Kier molecular flexibility index (Phi) is 4.38. The number of rotatable bonds is 4. The molecular formula is C15H18ClN3. The van der Waals surface area contributed by atoms with Gasteiger partial charge in [-0.05, 0) is 25.5 Å². The van der Waals surface area contributed by atoms with Gasteiger partial charge >= 0.3 is 0 Å². The van der Waals surface area contributed by atoms with E-state index in [0.29, 0.717) is 5.15 Å². The number of nitrogens with zero attached hydrogens (tertiary/aromatic N) is 3. The highest BCUT2D eigenvalue weighted by Gasteiger charge is 2.09. The van der Waals surface area contributed by atoms with Crippen molar-refractivity contribution in [3.8, 4) is 0 Å². The van der Waals surface area contributed by atoms with E-state index in [9.17, 15) is 0 Å². The lowest BCUT2D eigenvalue weighted by molar-refractivity contribution is 0.831. The summed E-state index contributed by atoms with van der Waals surface area (Å²) >= 11 is 6.06. The van der Waals surface area contributed by atoms with E-state index in [1.807, 2.05) is 11.9 Å². The molecule has 0 bridgehead atoms. The molecule has 19 heavy (non-hydrogen) atoms. The first-order chi connectivity index (χ1) is 9.10. The lowest BCUT2D eigenvalue weighted by Crippen LogP contribution is -2.12. The van der Waals surface area contributed by atoms with E-state index in [0.717, 1.165) is 30.2 Å². The molecular weight excluding hydrogens is 258 g/mol. The molecule has 0 saturated carbocycles. The average molecular weight is 276 g/mol. The van der Waals surface area contributed by atoms with Crippen LogP contribution >= 0.6 is 11.6 Å². The smallest absolute Gasteiger partial charge is 0.137 e. The standard InChI is InChI=1S/C15H18ClN3/c1-4-5-14-17-13(16)10-15(18-14)19(3)12-8-6-11(2)7-9-12/h6-10H,4-5H2,1-3H3. The van der Waals surface area contributed by atoms with E-state index < -0.39 is 0 Å². The van der Waals surface area contributed by atoms with Crippen molar-refractivity contribution in [1.82, 2.24) is 9.97 Å². The normalized spacial score (nSPS) is 10.5. The van der Waals surface area contributed by atoms with Crippen LogP contribution in [0, 0.1) is 6.92 Å². The third-order valence-electron chi connectivity index (χ3n) is 2.97. The van der Waals surface area contributed by atoms with E-state index >= 15 is 0 Å². The number of anilines is 2. The van der Waals surface area contributed by atoms with Gasteiger partial charge in [-0.3, -0.25) is 0 Å². The minimum Gasteiger partial charge on any atom is -0.329 e. The molecule has 0 aliphatic rings. The topological polar surface area (TPSA) is 29.0 Å². The Labute approximate surface area is 119 Å². The third kappa shape index (κ3) is 3.44. The molecule has 1 aromatic carbocycles. The second-order valence-corrected chi connectivity index (χ2v) is 5.00. The second kappa shape index (κ2) is 6.02. The van der Waals surface area contributed by atoms with Crippen LogP contribution in [0.15, 0.2) is 30.3 Å². The van der Waals surface area contributed by atoms with Crippen LogP contribution < -0.4 is 4.90 Å². The summed E-state index contributed by atoms with van der Waals surface area (Å²) in [5.74, 6) is 1.62. The molecule has 0 saturated heterocycles. The van der Waals surface area contributed by atoms with Gasteiger partial charge < -0.3 is 4.90 Å². The second-order valence-electron chi connectivity index (χ2n) is 4.61. The van der Waals surface area contributed by atoms with Gasteiger partial charge in [0.2, 0.25) is 0 Å². The fourth-order valence-corrected chi connectivity index (χ4v) is 2.05. The highest BCUT2D eigenvalue weighted by molar-refractivity contribution is 6.29. The fraction of sp³-hybridized carbons (Fsp3) is 0.333. The minimum atomic E-state index is 0.493. The lowest BCUT2D eigenvalue weighted by Gasteiger charge is -2.19. The largest absolute Gasteiger partial charge is 0.329 e. The summed E-state index contributed by atoms with van der Waals surface area (Å²) in [7, 11) is 1.99. The molecule has 0 unspecified atom stereocenters. The molecule has 0 atom stereocenters. The van der Waals surface area contributed by atoms with Crippen LogP contribution in [0.5, 0.6) is 0 Å². The van der Waals surface area contributed by atoms with Gasteiger partial charge in [-0.15, -0.1) is 0 Å². The van der Waals surface area contributed by atoms with Crippen molar-refractivity contribution in [3.63, 3.8) is 0 Å². The van der Waals surface area contributed by atoms with Gasteiger partial charge in [0.05, 0.1) is 0 Å². The van der Waals surface area contributed by atoms with Gasteiger partial charge in [0.25, 0.3) is 0 Å². The number of halogens is 1. The van der Waals surface area contributed by atoms with Crippen LogP contribution in [0.3, 0.4) is 0 Å². The summed E-state index contributed by atoms with van der Waals surface area (Å²) in [5, 5.41) is 0.493. The molecule has 4 heteroatoms. The number of hydrogen-bond donors (Lipinski definition) is 0. The summed E-state index contributed by atoms with van der Waals surface area (Å²) < 4.78 is 0. The van der Waals surface area contributed by atoms with Crippen LogP contribution in [0.2, 0.25) is 5.15 Å². The molecule has 0 spiro atoms. The van der Waals surface area contributed by atoms with E-state index in [2.05, 4.69) is 48.1 Å². The van der Waals surface area contributed by atoms with Gasteiger partial charge in [0.1, 0.15) is 16.8 Å². The highest BCUT2D eigenvalue weighted by Crippen LogP contribution is 2.24. The Balaban J connectivity index is 2.32. The molecule has 100 valence electrons. The quantitative estimate of drug-likeness (QED) is 0.785. The zero-order valence-corrected chi connectivity index (χ0v) is 12.3. The molecule has 3 nitrogen and oxygen atoms in total. The van der Waals surface area contributed by atoms with Gasteiger partial charge in [-0.25, -0.2) is 9.97 Å². The van der Waals surface area contributed by atoms with Crippen LogP contribution in [0.4, 0.5) is 11.5 Å². The van der Waals surface area contributed by atoms with Crippen molar-refractivity contribution in [1.29, 1.82) is 0 Å². The zero-order valence-electron chi connectivity index (χ0n) is 11.5. The molecule has 0 amide bonds. The Hall–Kier alpha value is -1.61. The maximum atomic E-state index is 6.06. The number of aryl methyl sites for hydroxylation is 2. The van der Waals surface area contributed by atoms with Crippen molar-refractivity contribution >= 4 is 23.1 Å². The molecule has 0 N–H and O–H groups in total. The maximum Gasteiger partial charge on any atom is 0.137 e. The van der Waals surface area contributed by atoms with E-state index in [1.54, 1.807) is 6.07 Å². The van der Waals surface area contributed by atoms with Crippen LogP contribution in [-0.4, -0.2) is 17.0 Å². The third-order valence-corrected chi connectivity index (χ3v) is 3.16. The first-order valence-electron chi connectivity index (χ1n) is 6.44. The minimum absolute atomic E-state index is 0.493. The van der Waals surface area contributed by atoms with Gasteiger partial charge in [0, 0.05) is 25.2 Å². The Morgan fingerprint density at radius 1 is 1.16 bits per heavy atom. The zero-order chi connectivity index (χ0) is 13.8. The SMILES string of the molecule is CCCc1nc(Cl)cc(N(C)c2ccc(C)cc2)n1. The number of aromatic nitrogens is 2. The van der Waals surface area contributed by atoms with Gasteiger partial charge in [-0.1, -0.05) is 36.2 Å². The molecule has 0 radical (unpaired) electrons. The van der Waals surface area contributed by atoms with Crippen LogP contribution in [0.25, 0.3) is 0 Å². The van der Waals surface area contributed by atoms with E-state index in [4.69, 9.17) is 11.6 Å². The van der Waals surface area contributed by atoms with Gasteiger partial charge in [-0.2, -0.15) is 0 Å². The first-order valence-corrected chi connectivity index (χ1v) is 6.82. The maximum absolute atomic E-state index is 6.06. The fourth-order valence-electron chi connectivity index (χ4n) is 1.86. The lowest BCUT2D eigenvalue weighted by atomic mass is 10.2. The summed E-state index contributed by atoms with van der Waals surface area (Å²) in [6.07, 6.45) is 1.85. The van der Waals surface area contributed by atoms with Crippen LogP contribution in [-0.2, 0) is 6.42 Å². The molecule has 2 aromatic rings. The monoisotopic (exact) mass is 275 g/mol. The summed E-state index contributed by atoms with van der Waals surface area (Å²) in [5.41, 5.74) is 2.33. The van der Waals surface area contributed by atoms with E-state index in [1.165, 1.54) is 5.56 Å². The Morgan fingerprint density at radius 3 is 2.47 bits per heavy atom. The van der Waals surface area contributed by atoms with Crippen molar-refractivity contribution < 1.29 is 0 Å². The van der Waals surface area contributed by atoms with Gasteiger partial charge in [0.15, 0.2) is 0 Å². The molecule has 0 aliphatic heterocycles. The van der Waals surface area contributed by atoms with Crippen LogP contribution in [0.1, 0.15) is 24.7 Å². The predicted octanol–water partition coefficient (Wildman–Crippen LogP) is 4.16. The first kappa shape index (κ1) is 13.8. The molecule has 0 aliphatic carbocycles. The van der Waals surface area contributed by atoms with Crippen molar-refractivity contribution in [2.75, 3.05) is 11.9 Å². The summed E-state index contributed by atoms with van der Waals surface area (Å²) in [6.45, 7) is 4.18. The van der Waals surface area contributed by atoms with Crippen molar-refractivity contribution in [2.45, 2.75) is 26.7 Å². The molecule has 0 fully saturated rings. The molecule has 2 rings (SSSR count). The Bertz CT molecular complexity index is 552. The highest BCUT2D eigenvalue weighted by atomic mass is 35.5. The van der Waals surface area contributed by atoms with Crippen molar-refractivity contribution in [3.05, 3.63) is 46.9 Å². The Morgan fingerprint density at radius 2 is 1.84 bits per heavy atom. The number of hydrogen-bond acceptors (Lipinski definition) is 3. The predicted molar refractivity (Wildman–Crippen MR) is 80.3 cm³/mol. The average Bonchev–Trinajstić information content (AvgIpc) is 2.38. The molecule has 1 aromatic heterocycles. The summed E-state index contributed by atoms with van der Waals surface area (Å²) in [4.78, 5) is 10.8. The van der Waals surface area contributed by atoms with E-state index in [-0.39, 0.29) is 0 Å². The molecule has 1 heterocycles. The number of benzene rings is 1. The van der Waals surface area contributed by atoms with Crippen molar-refractivity contribution in [2.24, 2.45) is 0 Å². The summed E-state index contributed by atoms with van der Waals surface area (Å²) in [6, 6.07) is 10.1.